The minimum Gasteiger partial charge on any atom is -0.490 e. The third-order valence-corrected chi connectivity index (χ3v) is 8.79. The Hall–Kier alpha value is -2.20. The molecule has 2 fully saturated rings. The lowest BCUT2D eigenvalue weighted by Gasteiger charge is -2.38. The van der Waals surface area contributed by atoms with Crippen LogP contribution in [0.3, 0.4) is 0 Å². The molecule has 8 heteroatoms. The molecule has 5 rings (SSSR count). The Balaban J connectivity index is 1.25. The lowest BCUT2D eigenvalue weighted by atomic mass is 9.79. The molecule has 2 saturated carbocycles. The molecule has 1 heterocycles. The highest BCUT2D eigenvalue weighted by Gasteiger charge is 2.43. The number of hydrogen-bond acceptors (Lipinski definition) is 8. The third-order valence-electron chi connectivity index (χ3n) is 8.79. The van der Waals surface area contributed by atoms with E-state index in [0.717, 1.165) is 80.8 Å². The molecule has 1 N–H and O–H groups in total. The minimum atomic E-state index is -0.502. The Kier molecular flexibility index (Phi) is 11.2. The number of aliphatic hydroxyl groups is 1. The van der Waals surface area contributed by atoms with Crippen molar-refractivity contribution >= 4 is 5.69 Å². The van der Waals surface area contributed by atoms with Gasteiger partial charge in [0.15, 0.2) is 0 Å². The number of fused-ring (bicyclic) bond motifs is 1. The maximum atomic E-state index is 9.94. The molecular weight excluding hydrogens is 534 g/mol. The molecule has 42 heavy (non-hydrogen) atoms. The molecule has 2 aliphatic carbocycles. The zero-order chi connectivity index (χ0) is 29.4. The summed E-state index contributed by atoms with van der Waals surface area (Å²) in [5, 5.41) is 9.94. The van der Waals surface area contributed by atoms with Crippen molar-refractivity contribution in [3.63, 3.8) is 0 Å². The molecule has 0 bridgehead atoms. The van der Waals surface area contributed by atoms with E-state index in [1.54, 1.807) is 21.1 Å². The van der Waals surface area contributed by atoms with Crippen LogP contribution in [-0.4, -0.2) is 82.8 Å². The SMILES string of the molecule is COCCCN1CCOc2ccc(CO[C@H]3CCC[C@@H](OC[C@@H](C)O)[C@@H]3c3ccc(COCC4(OC)CC4)cc3)cc21. The summed E-state index contributed by atoms with van der Waals surface area (Å²) in [7, 11) is 3.51. The van der Waals surface area contributed by atoms with Gasteiger partial charge in [0.2, 0.25) is 0 Å². The molecule has 0 spiro atoms. The number of methoxy groups -OCH3 is 2. The predicted molar refractivity (Wildman–Crippen MR) is 162 cm³/mol. The van der Waals surface area contributed by atoms with E-state index in [1.807, 2.05) is 0 Å². The summed E-state index contributed by atoms with van der Waals surface area (Å²) in [6.07, 6.45) is 5.59. The first-order valence-electron chi connectivity index (χ1n) is 15.6. The van der Waals surface area contributed by atoms with Gasteiger partial charge in [-0.1, -0.05) is 30.3 Å². The molecule has 2 aromatic carbocycles. The van der Waals surface area contributed by atoms with Crippen LogP contribution in [0.1, 0.15) is 68.1 Å². The lowest BCUT2D eigenvalue weighted by Crippen LogP contribution is -2.38. The van der Waals surface area contributed by atoms with Gasteiger partial charge in [0, 0.05) is 33.3 Å². The largest absolute Gasteiger partial charge is 0.490 e. The summed E-state index contributed by atoms with van der Waals surface area (Å²) in [5.74, 6) is 1.02. The van der Waals surface area contributed by atoms with Crippen molar-refractivity contribution in [1.82, 2.24) is 0 Å². The first kappa shape index (κ1) is 31.2. The molecule has 8 nitrogen and oxygen atoms in total. The maximum absolute atomic E-state index is 9.94. The summed E-state index contributed by atoms with van der Waals surface area (Å²) >= 11 is 0. The molecule has 0 saturated heterocycles. The summed E-state index contributed by atoms with van der Waals surface area (Å²) in [4.78, 5) is 2.38. The summed E-state index contributed by atoms with van der Waals surface area (Å²) in [6.45, 7) is 7.10. The van der Waals surface area contributed by atoms with Crippen LogP contribution in [0.4, 0.5) is 5.69 Å². The van der Waals surface area contributed by atoms with Gasteiger partial charge in [0.25, 0.3) is 0 Å². The normalized spacial score (nSPS) is 23.7. The Labute approximate surface area is 251 Å². The second kappa shape index (κ2) is 15.0. The molecule has 4 atom stereocenters. The number of ether oxygens (including phenoxy) is 6. The fourth-order valence-electron chi connectivity index (χ4n) is 6.17. The summed E-state index contributed by atoms with van der Waals surface area (Å²) in [6, 6.07) is 15.1. The minimum absolute atomic E-state index is 0.00918. The number of aliphatic hydroxyl groups excluding tert-OH is 1. The van der Waals surface area contributed by atoms with Crippen molar-refractivity contribution in [2.24, 2.45) is 0 Å². The lowest BCUT2D eigenvalue weighted by molar-refractivity contribution is -0.0835. The van der Waals surface area contributed by atoms with Crippen LogP contribution in [-0.2, 0) is 36.9 Å². The topological polar surface area (TPSA) is 78.9 Å². The molecule has 1 aliphatic heterocycles. The van der Waals surface area contributed by atoms with Gasteiger partial charge in [-0.15, -0.1) is 0 Å². The van der Waals surface area contributed by atoms with E-state index in [4.69, 9.17) is 28.4 Å². The quantitative estimate of drug-likeness (QED) is 0.269. The first-order valence-corrected chi connectivity index (χ1v) is 15.6. The van der Waals surface area contributed by atoms with E-state index in [9.17, 15) is 5.11 Å². The van der Waals surface area contributed by atoms with Crippen molar-refractivity contribution < 1.29 is 33.5 Å². The standard InChI is InChI=1S/C34H49NO7/c1-25(36)21-41-31-6-4-7-32(33(31)28-11-8-26(9-12-28)22-39-24-34(38-3)14-15-34)42-23-27-10-13-30-29(20-27)35(17-19-40-30)16-5-18-37-2/h8-13,20,25,31-33,36H,4-7,14-19,21-24H2,1-3H3/t25-,31-,32+,33+/m1/s1. The van der Waals surface area contributed by atoms with Crippen LogP contribution in [0, 0.1) is 0 Å². The van der Waals surface area contributed by atoms with Crippen molar-refractivity contribution in [3.8, 4) is 5.75 Å². The maximum Gasteiger partial charge on any atom is 0.142 e. The average molecular weight is 584 g/mol. The first-order chi connectivity index (χ1) is 20.5. The van der Waals surface area contributed by atoms with Crippen LogP contribution >= 0.6 is 0 Å². The Morgan fingerprint density at radius 2 is 1.76 bits per heavy atom. The summed E-state index contributed by atoms with van der Waals surface area (Å²) in [5.41, 5.74) is 4.56. The smallest absolute Gasteiger partial charge is 0.142 e. The van der Waals surface area contributed by atoms with Gasteiger partial charge in [-0.3, -0.25) is 0 Å². The molecular formula is C34H49NO7. The Bertz CT molecular complexity index is 1100. The van der Waals surface area contributed by atoms with E-state index >= 15 is 0 Å². The number of rotatable bonds is 16. The van der Waals surface area contributed by atoms with E-state index in [1.165, 1.54) is 5.56 Å². The summed E-state index contributed by atoms with van der Waals surface area (Å²) < 4.78 is 35.7. The van der Waals surface area contributed by atoms with Crippen LogP contribution < -0.4 is 9.64 Å². The second-order valence-corrected chi connectivity index (χ2v) is 12.1. The molecule has 3 aliphatic rings. The fourth-order valence-corrected chi connectivity index (χ4v) is 6.17. The van der Waals surface area contributed by atoms with Crippen molar-refractivity contribution in [1.29, 1.82) is 0 Å². The highest BCUT2D eigenvalue weighted by molar-refractivity contribution is 5.61. The van der Waals surface area contributed by atoms with Gasteiger partial charge in [-0.05, 0) is 74.3 Å². The van der Waals surface area contributed by atoms with Gasteiger partial charge in [-0.25, -0.2) is 0 Å². The Morgan fingerprint density at radius 1 is 1.00 bits per heavy atom. The highest BCUT2D eigenvalue weighted by atomic mass is 16.5. The average Bonchev–Trinajstić information content (AvgIpc) is 3.80. The number of benzene rings is 2. The second-order valence-electron chi connectivity index (χ2n) is 12.1. The molecule has 0 unspecified atom stereocenters. The van der Waals surface area contributed by atoms with E-state index in [-0.39, 0.29) is 23.7 Å². The monoisotopic (exact) mass is 583 g/mol. The predicted octanol–water partition coefficient (Wildman–Crippen LogP) is 5.24. The molecule has 232 valence electrons. The molecule has 0 radical (unpaired) electrons. The number of nitrogens with zero attached hydrogens (tertiary/aromatic N) is 1. The van der Waals surface area contributed by atoms with Gasteiger partial charge < -0.3 is 38.4 Å². The van der Waals surface area contributed by atoms with Crippen LogP contribution in [0.15, 0.2) is 42.5 Å². The molecule has 0 aromatic heterocycles. The van der Waals surface area contributed by atoms with Crippen LogP contribution in [0.5, 0.6) is 5.75 Å². The Morgan fingerprint density at radius 3 is 2.48 bits per heavy atom. The van der Waals surface area contributed by atoms with Gasteiger partial charge in [0.1, 0.15) is 12.4 Å². The highest BCUT2D eigenvalue weighted by Crippen LogP contribution is 2.40. The zero-order valence-electron chi connectivity index (χ0n) is 25.6. The molecule has 0 amide bonds. The van der Waals surface area contributed by atoms with Crippen molar-refractivity contribution in [2.75, 3.05) is 58.6 Å². The fraction of sp³-hybridized carbons (Fsp3) is 0.647. The van der Waals surface area contributed by atoms with Gasteiger partial charge in [-0.2, -0.15) is 0 Å². The van der Waals surface area contributed by atoms with Gasteiger partial charge in [0.05, 0.1) is 62.6 Å². The zero-order valence-corrected chi connectivity index (χ0v) is 25.6. The van der Waals surface area contributed by atoms with E-state index in [0.29, 0.717) is 33.0 Å². The number of anilines is 1. The molecule has 2 aromatic rings. The van der Waals surface area contributed by atoms with Crippen LogP contribution in [0.2, 0.25) is 0 Å². The van der Waals surface area contributed by atoms with Crippen LogP contribution in [0.25, 0.3) is 0 Å². The van der Waals surface area contributed by atoms with E-state index < -0.39 is 6.10 Å². The van der Waals surface area contributed by atoms with E-state index in [2.05, 4.69) is 47.4 Å². The number of hydrogen-bond donors (Lipinski definition) is 1. The third kappa shape index (κ3) is 8.24. The van der Waals surface area contributed by atoms with Gasteiger partial charge >= 0.3 is 0 Å². The van der Waals surface area contributed by atoms with Crippen molar-refractivity contribution in [2.45, 2.75) is 88.5 Å². The van der Waals surface area contributed by atoms with Crippen molar-refractivity contribution in [3.05, 3.63) is 59.2 Å².